The molecule has 2 amide bonds. The van der Waals surface area contributed by atoms with E-state index in [1.165, 1.54) is 11.1 Å². The highest BCUT2D eigenvalue weighted by molar-refractivity contribution is 5.96. The molecule has 0 aliphatic carbocycles. The lowest BCUT2D eigenvalue weighted by Gasteiger charge is -2.26. The van der Waals surface area contributed by atoms with Crippen LogP contribution in [-0.2, 0) is 11.8 Å². The topological polar surface area (TPSA) is 93.3 Å². The number of nitrogens with zero attached hydrogens (tertiary/aromatic N) is 3. The number of aryl methyl sites for hydroxylation is 1. The molecule has 1 aromatic heterocycles. The van der Waals surface area contributed by atoms with Crippen molar-refractivity contribution in [3.05, 3.63) is 18.0 Å². The quantitative estimate of drug-likeness (QED) is 0.696. The fourth-order valence-corrected chi connectivity index (χ4v) is 2.14. The van der Waals surface area contributed by atoms with Gasteiger partial charge in [0.05, 0.1) is 18.3 Å². The number of carbonyl (C=O) groups is 2. The molecular formula is C11H17N5O2. The summed E-state index contributed by atoms with van der Waals surface area (Å²) in [5, 5.41) is 7.13. The van der Waals surface area contributed by atoms with E-state index >= 15 is 0 Å². The minimum Gasteiger partial charge on any atom is -0.368 e. The maximum absolute atomic E-state index is 12.3. The second-order valence-corrected chi connectivity index (χ2v) is 4.45. The Morgan fingerprint density at radius 1 is 1.67 bits per heavy atom. The first kappa shape index (κ1) is 12.6. The van der Waals surface area contributed by atoms with Gasteiger partial charge in [0.15, 0.2) is 0 Å². The minimum absolute atomic E-state index is 0.0187. The first-order valence-corrected chi connectivity index (χ1v) is 5.86. The lowest BCUT2D eigenvalue weighted by Crippen LogP contribution is -2.46. The highest BCUT2D eigenvalue weighted by Crippen LogP contribution is 2.12. The smallest absolute Gasteiger partial charge is 0.257 e. The summed E-state index contributed by atoms with van der Waals surface area (Å²) in [4.78, 5) is 24.9. The second-order valence-electron chi connectivity index (χ2n) is 4.45. The molecule has 0 bridgehead atoms. The molecule has 2 rings (SSSR count). The van der Waals surface area contributed by atoms with Crippen LogP contribution in [0.5, 0.6) is 0 Å². The predicted molar refractivity (Wildman–Crippen MR) is 64.7 cm³/mol. The van der Waals surface area contributed by atoms with Gasteiger partial charge in [-0.1, -0.05) is 0 Å². The predicted octanol–water partition coefficient (Wildman–Crippen LogP) is -1.29. The summed E-state index contributed by atoms with van der Waals surface area (Å²) in [6.45, 7) is 1.49. The Balaban J connectivity index is 2.17. The largest absolute Gasteiger partial charge is 0.368 e. The van der Waals surface area contributed by atoms with Gasteiger partial charge < -0.3 is 16.0 Å². The lowest BCUT2D eigenvalue weighted by atomic mass is 10.2. The fraction of sp³-hybridized carbons (Fsp3) is 0.545. The molecule has 1 aliphatic heterocycles. The van der Waals surface area contributed by atoms with E-state index in [2.05, 4.69) is 10.4 Å². The van der Waals surface area contributed by atoms with Crippen molar-refractivity contribution in [3.63, 3.8) is 0 Å². The Hall–Kier alpha value is -1.89. The average Bonchev–Trinajstić information content (AvgIpc) is 2.95. The average molecular weight is 251 g/mol. The van der Waals surface area contributed by atoms with Gasteiger partial charge in [-0.2, -0.15) is 5.10 Å². The Kier molecular flexibility index (Phi) is 3.61. The number of hydrogen-bond acceptors (Lipinski definition) is 4. The Morgan fingerprint density at radius 3 is 2.94 bits per heavy atom. The molecule has 18 heavy (non-hydrogen) atoms. The Labute approximate surface area is 105 Å². The zero-order valence-corrected chi connectivity index (χ0v) is 10.3. The third kappa shape index (κ3) is 2.67. The van der Waals surface area contributed by atoms with Crippen molar-refractivity contribution in [1.82, 2.24) is 20.0 Å². The van der Waals surface area contributed by atoms with Crippen molar-refractivity contribution in [1.29, 1.82) is 0 Å². The van der Waals surface area contributed by atoms with E-state index in [1.807, 2.05) is 0 Å². The van der Waals surface area contributed by atoms with Crippen LogP contribution in [0.25, 0.3) is 0 Å². The number of hydrogen-bond donors (Lipinski definition) is 2. The summed E-state index contributed by atoms with van der Waals surface area (Å²) in [5.74, 6) is -0.699. The van der Waals surface area contributed by atoms with Gasteiger partial charge in [-0.3, -0.25) is 14.3 Å². The molecule has 7 nitrogen and oxygen atoms in total. The SMILES string of the molecule is Cn1cc(C(=O)N(CC(N)=O)C2CCNC2)cn1. The second kappa shape index (κ2) is 5.18. The van der Waals surface area contributed by atoms with Gasteiger partial charge in [-0.25, -0.2) is 0 Å². The van der Waals surface area contributed by atoms with Gasteiger partial charge in [0, 0.05) is 25.8 Å². The number of primary amides is 1. The molecular weight excluding hydrogens is 234 g/mol. The molecule has 3 N–H and O–H groups in total. The van der Waals surface area contributed by atoms with Crippen molar-refractivity contribution < 1.29 is 9.59 Å². The fourth-order valence-electron chi connectivity index (χ4n) is 2.14. The van der Waals surface area contributed by atoms with E-state index in [0.29, 0.717) is 12.1 Å². The standard InChI is InChI=1S/C11H17N5O2/c1-15-6-8(4-14-15)11(18)16(7-10(12)17)9-2-3-13-5-9/h4,6,9,13H,2-3,5,7H2,1H3,(H2,12,17). The van der Waals surface area contributed by atoms with Gasteiger partial charge in [-0.05, 0) is 13.0 Å². The van der Waals surface area contributed by atoms with Crippen LogP contribution in [0.15, 0.2) is 12.4 Å². The van der Waals surface area contributed by atoms with Crippen LogP contribution < -0.4 is 11.1 Å². The normalized spacial score (nSPS) is 18.8. The van der Waals surface area contributed by atoms with E-state index in [4.69, 9.17) is 5.73 Å². The molecule has 1 fully saturated rings. The molecule has 1 atom stereocenters. The number of rotatable bonds is 4. The molecule has 0 aromatic carbocycles. The van der Waals surface area contributed by atoms with E-state index in [0.717, 1.165) is 13.0 Å². The molecule has 2 heterocycles. The van der Waals surface area contributed by atoms with Crippen molar-refractivity contribution in [3.8, 4) is 0 Å². The van der Waals surface area contributed by atoms with Gasteiger partial charge in [0.1, 0.15) is 0 Å². The minimum atomic E-state index is -0.501. The summed E-state index contributed by atoms with van der Waals surface area (Å²) in [5.41, 5.74) is 5.69. The summed E-state index contributed by atoms with van der Waals surface area (Å²) >= 11 is 0. The van der Waals surface area contributed by atoms with E-state index < -0.39 is 5.91 Å². The first-order valence-electron chi connectivity index (χ1n) is 5.86. The van der Waals surface area contributed by atoms with Crippen molar-refractivity contribution in [2.75, 3.05) is 19.6 Å². The molecule has 0 saturated carbocycles. The van der Waals surface area contributed by atoms with Gasteiger partial charge >= 0.3 is 0 Å². The summed E-state index contributed by atoms with van der Waals surface area (Å²) in [6.07, 6.45) is 3.97. The van der Waals surface area contributed by atoms with E-state index in [1.54, 1.807) is 17.9 Å². The van der Waals surface area contributed by atoms with Gasteiger partial charge in [-0.15, -0.1) is 0 Å². The molecule has 0 radical (unpaired) electrons. The van der Waals surface area contributed by atoms with Crippen LogP contribution in [0.3, 0.4) is 0 Å². The first-order chi connectivity index (χ1) is 8.58. The number of carbonyl (C=O) groups excluding carboxylic acids is 2. The van der Waals surface area contributed by atoms with Crippen LogP contribution in [-0.4, -0.2) is 52.2 Å². The summed E-state index contributed by atoms with van der Waals surface area (Å²) in [6, 6.07) is 0.0187. The lowest BCUT2D eigenvalue weighted by molar-refractivity contribution is -0.119. The highest BCUT2D eigenvalue weighted by atomic mass is 16.2. The molecule has 1 saturated heterocycles. The van der Waals surface area contributed by atoms with Crippen LogP contribution >= 0.6 is 0 Å². The Morgan fingerprint density at radius 2 is 2.44 bits per heavy atom. The maximum atomic E-state index is 12.3. The van der Waals surface area contributed by atoms with Crippen LogP contribution in [0.4, 0.5) is 0 Å². The summed E-state index contributed by atoms with van der Waals surface area (Å²) < 4.78 is 1.56. The third-order valence-corrected chi connectivity index (χ3v) is 3.01. The number of nitrogens with two attached hydrogens (primary N) is 1. The van der Waals surface area contributed by atoms with Gasteiger partial charge in [0.25, 0.3) is 5.91 Å². The van der Waals surface area contributed by atoms with Crippen LogP contribution in [0.2, 0.25) is 0 Å². The highest BCUT2D eigenvalue weighted by Gasteiger charge is 2.28. The Bertz CT molecular complexity index is 450. The van der Waals surface area contributed by atoms with Crippen molar-refractivity contribution in [2.45, 2.75) is 12.5 Å². The molecule has 1 aliphatic rings. The molecule has 0 spiro atoms. The molecule has 1 unspecified atom stereocenters. The van der Waals surface area contributed by atoms with Crippen LogP contribution in [0, 0.1) is 0 Å². The zero-order valence-electron chi connectivity index (χ0n) is 10.3. The maximum Gasteiger partial charge on any atom is 0.257 e. The van der Waals surface area contributed by atoms with E-state index in [-0.39, 0.29) is 18.5 Å². The molecule has 98 valence electrons. The van der Waals surface area contributed by atoms with E-state index in [9.17, 15) is 9.59 Å². The third-order valence-electron chi connectivity index (χ3n) is 3.01. The molecule has 1 aromatic rings. The summed E-state index contributed by atoms with van der Waals surface area (Å²) in [7, 11) is 1.74. The number of nitrogens with one attached hydrogen (secondary N) is 1. The number of aromatic nitrogens is 2. The number of amides is 2. The molecule has 7 heteroatoms. The van der Waals surface area contributed by atoms with Crippen molar-refractivity contribution >= 4 is 11.8 Å². The monoisotopic (exact) mass is 251 g/mol. The van der Waals surface area contributed by atoms with Gasteiger partial charge in [0.2, 0.25) is 5.91 Å². The van der Waals surface area contributed by atoms with Crippen molar-refractivity contribution in [2.24, 2.45) is 12.8 Å². The zero-order chi connectivity index (χ0) is 13.1. The van der Waals surface area contributed by atoms with Crippen LogP contribution in [0.1, 0.15) is 16.8 Å².